The van der Waals surface area contributed by atoms with E-state index in [4.69, 9.17) is 24.7 Å². The van der Waals surface area contributed by atoms with Crippen LogP contribution in [0.4, 0.5) is 0 Å². The Kier molecular flexibility index (Phi) is 1.87. The molecule has 0 fully saturated rings. The molecule has 0 radical (unpaired) electrons. The molecular formula is C36H24. The SMILES string of the molecule is [2H]c1cc(-c2c([2H])c([2H])c([2H])c3c([2H])c(-c4c5c([2H])c([2H])c([2H])c([2H])c5c(-c5c([2H])c([2H])c([2H])c([2H])c5[2H])c5c([2H])c([2H])c([2H])c([2H])c45)c([2H])c([2H])c23)c([2H])c([2H])c1[2H]. The molecule has 0 saturated carbocycles. The fraction of sp³-hybridized carbons (Fsp3) is 0. The van der Waals surface area contributed by atoms with Crippen molar-refractivity contribution in [2.75, 3.05) is 0 Å². The molecule has 0 aliphatic carbocycles. The Labute approximate surface area is 243 Å². The minimum atomic E-state index is -0.959. The molecule has 0 heteroatoms. The third kappa shape index (κ3) is 3.31. The molecule has 0 heterocycles. The molecule has 7 rings (SSSR count). The van der Waals surface area contributed by atoms with Gasteiger partial charge in [0, 0.05) is 0 Å². The van der Waals surface area contributed by atoms with Crippen molar-refractivity contribution in [1.29, 1.82) is 0 Å². The molecule has 0 atom stereocenters. The van der Waals surface area contributed by atoms with Crippen LogP contribution in [0, 0.1) is 0 Å². The highest BCUT2D eigenvalue weighted by atomic mass is 14.2. The summed E-state index contributed by atoms with van der Waals surface area (Å²) in [6.07, 6.45) is 0. The van der Waals surface area contributed by atoms with Crippen LogP contribution in [0.15, 0.2) is 145 Å². The van der Waals surface area contributed by atoms with Crippen LogP contribution >= 0.6 is 0 Å². The molecule has 0 N–H and O–H groups in total. The quantitative estimate of drug-likeness (QED) is 0.221. The molecule has 0 saturated heterocycles. The topological polar surface area (TPSA) is 0 Å². The van der Waals surface area contributed by atoms with Crippen LogP contribution in [0.3, 0.4) is 0 Å². The van der Waals surface area contributed by atoms with Crippen molar-refractivity contribution in [1.82, 2.24) is 0 Å². The second kappa shape index (κ2) is 8.52. The molecule has 168 valence electrons. The van der Waals surface area contributed by atoms with Crippen LogP contribution in [0.1, 0.15) is 31.5 Å². The summed E-state index contributed by atoms with van der Waals surface area (Å²) in [5.74, 6) is 0. The standard InChI is InChI=1S/C36H24/c1-3-12-25(13-4-1)29-21-11-16-27-24-28(22-23-30(27)29)36-33-19-9-7-17-31(33)35(26-14-5-2-6-15-26)32-18-8-10-20-34(32)36/h1-24H/i1D,2D,3D,4D,5D,6D,7D,8D,9D,10D,11D,12D,14D,15D,16D,17D,18D,19D,20D,21D,22D,23D,24D. The van der Waals surface area contributed by atoms with Gasteiger partial charge < -0.3 is 0 Å². The monoisotopic (exact) mass is 479 g/mol. The number of benzene rings is 7. The molecule has 36 heavy (non-hydrogen) atoms. The van der Waals surface area contributed by atoms with Crippen molar-refractivity contribution < 1.29 is 31.5 Å². The minimum Gasteiger partial charge on any atom is -0.0622 e. The van der Waals surface area contributed by atoms with Crippen LogP contribution in [0.2, 0.25) is 0 Å². The van der Waals surface area contributed by atoms with E-state index in [1.165, 1.54) is 0 Å². The molecule has 7 aromatic rings. The third-order valence-corrected chi connectivity index (χ3v) is 5.63. The van der Waals surface area contributed by atoms with Crippen LogP contribution < -0.4 is 0 Å². The maximum atomic E-state index is 9.58. The number of hydrogen-bond acceptors (Lipinski definition) is 0. The van der Waals surface area contributed by atoms with Gasteiger partial charge in [0.05, 0.1) is 31.5 Å². The van der Waals surface area contributed by atoms with E-state index in [-0.39, 0.29) is 0 Å². The smallest absolute Gasteiger partial charge is 0.0622 e. The predicted molar refractivity (Wildman–Crippen MR) is 155 cm³/mol. The van der Waals surface area contributed by atoms with Gasteiger partial charge in [0.2, 0.25) is 0 Å². The van der Waals surface area contributed by atoms with Gasteiger partial charge in [-0.2, -0.15) is 0 Å². The molecule has 0 aliphatic rings. The van der Waals surface area contributed by atoms with Gasteiger partial charge in [0.25, 0.3) is 0 Å². The van der Waals surface area contributed by atoms with E-state index in [2.05, 4.69) is 0 Å². The predicted octanol–water partition coefficient (Wildman–Crippen LogP) is 10.1. The lowest BCUT2D eigenvalue weighted by Crippen LogP contribution is -1.91. The van der Waals surface area contributed by atoms with Gasteiger partial charge in [-0.25, -0.2) is 0 Å². The number of hydrogen-bond donors (Lipinski definition) is 0. The highest BCUT2D eigenvalue weighted by molar-refractivity contribution is 6.21. The summed E-state index contributed by atoms with van der Waals surface area (Å²) in [7, 11) is 0. The Balaban J connectivity index is 1.87. The maximum absolute atomic E-state index is 9.58. The Morgan fingerprint density at radius 1 is 0.361 bits per heavy atom. The first-order valence-electron chi connectivity index (χ1n) is 22.1. The van der Waals surface area contributed by atoms with E-state index in [0.717, 1.165) is 6.07 Å². The third-order valence-electron chi connectivity index (χ3n) is 5.63. The van der Waals surface area contributed by atoms with Crippen molar-refractivity contribution in [3.05, 3.63) is 145 Å². The zero-order chi connectivity index (χ0) is 43.9. The van der Waals surface area contributed by atoms with Gasteiger partial charge in [-0.05, 0) is 71.7 Å². The van der Waals surface area contributed by atoms with Crippen molar-refractivity contribution in [3.63, 3.8) is 0 Å². The van der Waals surface area contributed by atoms with E-state index in [0.29, 0.717) is 0 Å². The van der Waals surface area contributed by atoms with E-state index in [9.17, 15) is 6.85 Å². The average Bonchev–Trinajstić information content (AvgIpc) is 3.20. The van der Waals surface area contributed by atoms with Crippen molar-refractivity contribution in [3.8, 4) is 33.4 Å². The summed E-state index contributed by atoms with van der Waals surface area (Å²) in [6, 6.07) is -18.7. The Bertz CT molecular complexity index is 3020. The van der Waals surface area contributed by atoms with Gasteiger partial charge in [-0.1, -0.05) is 139 Å². The first-order valence-corrected chi connectivity index (χ1v) is 10.6. The van der Waals surface area contributed by atoms with Gasteiger partial charge in [-0.15, -0.1) is 0 Å². The first kappa shape index (κ1) is 7.91. The molecule has 0 spiro atoms. The van der Waals surface area contributed by atoms with Crippen molar-refractivity contribution in [2.24, 2.45) is 0 Å². The zero-order valence-electron chi connectivity index (χ0n) is 41.1. The summed E-state index contributed by atoms with van der Waals surface area (Å²) < 4.78 is 201. The number of rotatable bonds is 3. The summed E-state index contributed by atoms with van der Waals surface area (Å²) in [6.45, 7) is 0. The molecule has 0 unspecified atom stereocenters. The largest absolute Gasteiger partial charge is 0.0636 e. The van der Waals surface area contributed by atoms with Crippen molar-refractivity contribution in [2.45, 2.75) is 0 Å². The molecule has 0 aromatic heterocycles. The van der Waals surface area contributed by atoms with E-state index >= 15 is 0 Å². The molecule has 7 aromatic carbocycles. The molecule has 0 amide bonds. The molecule has 0 nitrogen and oxygen atoms in total. The van der Waals surface area contributed by atoms with E-state index in [1.54, 1.807) is 0 Å². The normalized spacial score (nSPS) is 20.3. The Hall–Kier alpha value is -4.68. The highest BCUT2D eigenvalue weighted by Gasteiger charge is 2.16. The van der Waals surface area contributed by atoms with Crippen molar-refractivity contribution >= 4 is 32.3 Å². The van der Waals surface area contributed by atoms with Crippen LogP contribution in [0.25, 0.3) is 65.7 Å². The average molecular weight is 480 g/mol. The second-order valence-electron chi connectivity index (χ2n) is 7.58. The van der Waals surface area contributed by atoms with Gasteiger partial charge in [0.15, 0.2) is 0 Å². The maximum Gasteiger partial charge on any atom is 0.0636 e. The summed E-state index contributed by atoms with van der Waals surface area (Å²) >= 11 is 0. The summed E-state index contributed by atoms with van der Waals surface area (Å²) in [4.78, 5) is 0. The highest BCUT2D eigenvalue weighted by Crippen LogP contribution is 2.44. The van der Waals surface area contributed by atoms with Gasteiger partial charge >= 0.3 is 0 Å². The lowest BCUT2D eigenvalue weighted by atomic mass is 9.85. The molecule has 0 aliphatic heterocycles. The lowest BCUT2D eigenvalue weighted by molar-refractivity contribution is 1.64. The number of fused-ring (bicyclic) bond motifs is 3. The van der Waals surface area contributed by atoms with Crippen LogP contribution in [0.5, 0.6) is 0 Å². The Morgan fingerprint density at radius 3 is 1.58 bits per heavy atom. The van der Waals surface area contributed by atoms with Crippen LogP contribution in [-0.4, -0.2) is 0 Å². The molecule has 0 bridgehead atoms. The summed E-state index contributed by atoms with van der Waals surface area (Å²) in [5, 5.41) is -3.73. The fourth-order valence-electron chi connectivity index (χ4n) is 4.15. The summed E-state index contributed by atoms with van der Waals surface area (Å²) in [5.41, 5.74) is -3.61. The van der Waals surface area contributed by atoms with E-state index < -0.39 is 205 Å². The minimum absolute atomic E-state index is 0.401. The van der Waals surface area contributed by atoms with Gasteiger partial charge in [0.1, 0.15) is 0 Å². The van der Waals surface area contributed by atoms with E-state index in [1.807, 2.05) is 0 Å². The molecular weight excluding hydrogens is 432 g/mol. The lowest BCUT2D eigenvalue weighted by Gasteiger charge is -2.18. The van der Waals surface area contributed by atoms with Gasteiger partial charge in [-0.3, -0.25) is 0 Å². The fourth-order valence-corrected chi connectivity index (χ4v) is 4.15. The second-order valence-corrected chi connectivity index (χ2v) is 7.58. The van der Waals surface area contributed by atoms with Crippen LogP contribution in [-0.2, 0) is 0 Å². The zero-order valence-corrected chi connectivity index (χ0v) is 18.1. The first-order chi connectivity index (χ1) is 27.4. The Morgan fingerprint density at radius 2 is 0.917 bits per heavy atom.